The molecule has 0 fully saturated rings. The summed E-state index contributed by atoms with van der Waals surface area (Å²) in [5, 5.41) is 3.93. The molecule has 0 aliphatic carbocycles. The molecule has 0 aliphatic rings. The minimum atomic E-state index is -0.0467. The number of rotatable bonds is 8. The summed E-state index contributed by atoms with van der Waals surface area (Å²) in [6.45, 7) is 7.69. The topological polar surface area (TPSA) is 38.3 Å². The summed E-state index contributed by atoms with van der Waals surface area (Å²) < 4.78 is 5.54. The lowest BCUT2D eigenvalue weighted by atomic mass is 9.90. The third-order valence-electron chi connectivity index (χ3n) is 3.07. The molecule has 3 nitrogen and oxygen atoms in total. The van der Waals surface area contributed by atoms with Crippen LogP contribution >= 0.6 is 15.9 Å². The molecular formula is C16H24BrNO2. The molecule has 0 radical (unpaired) electrons. The van der Waals surface area contributed by atoms with Crippen LogP contribution in [0.5, 0.6) is 5.75 Å². The highest BCUT2D eigenvalue weighted by molar-refractivity contribution is 9.09. The highest BCUT2D eigenvalue weighted by Gasteiger charge is 2.18. The van der Waals surface area contributed by atoms with Gasteiger partial charge in [0.1, 0.15) is 5.75 Å². The summed E-state index contributed by atoms with van der Waals surface area (Å²) in [5.41, 5.74) is 0.739. The fraction of sp³-hybridized carbons (Fsp3) is 0.562. The number of benzene rings is 1. The first-order chi connectivity index (χ1) is 9.48. The minimum Gasteiger partial charge on any atom is -0.494 e. The van der Waals surface area contributed by atoms with Crippen molar-refractivity contribution in [2.24, 2.45) is 5.41 Å². The van der Waals surface area contributed by atoms with Crippen molar-refractivity contribution in [3.63, 3.8) is 0 Å². The van der Waals surface area contributed by atoms with Crippen molar-refractivity contribution in [3.05, 3.63) is 29.8 Å². The first kappa shape index (κ1) is 17.0. The van der Waals surface area contributed by atoms with Crippen LogP contribution in [0.1, 0.15) is 44.0 Å². The van der Waals surface area contributed by atoms with Gasteiger partial charge in [-0.25, -0.2) is 0 Å². The second-order valence-corrected chi connectivity index (χ2v) is 6.46. The molecule has 0 spiro atoms. The number of hydrogen-bond acceptors (Lipinski definition) is 2. The van der Waals surface area contributed by atoms with Gasteiger partial charge in [-0.15, -0.1) is 0 Å². The SMILES string of the molecule is CCCOc1cccc(C(=O)NCC(C)(C)CCBr)c1. The van der Waals surface area contributed by atoms with E-state index in [1.165, 1.54) is 0 Å². The molecule has 0 aliphatic heterocycles. The van der Waals surface area contributed by atoms with E-state index < -0.39 is 0 Å². The molecule has 0 bridgehead atoms. The zero-order valence-corrected chi connectivity index (χ0v) is 14.1. The Labute approximate surface area is 130 Å². The third kappa shape index (κ3) is 5.95. The van der Waals surface area contributed by atoms with E-state index in [0.29, 0.717) is 18.7 Å². The van der Waals surface area contributed by atoms with Crippen LogP contribution in [-0.4, -0.2) is 24.4 Å². The van der Waals surface area contributed by atoms with Crippen LogP contribution in [0.4, 0.5) is 0 Å². The lowest BCUT2D eigenvalue weighted by molar-refractivity contribution is 0.0935. The van der Waals surface area contributed by atoms with Crippen LogP contribution < -0.4 is 10.1 Å². The number of amides is 1. The standard InChI is InChI=1S/C16H24BrNO2/c1-4-10-20-14-7-5-6-13(11-14)15(19)18-12-16(2,3)8-9-17/h5-7,11H,4,8-10,12H2,1-3H3,(H,18,19). The number of carbonyl (C=O) groups is 1. The molecule has 112 valence electrons. The average molecular weight is 342 g/mol. The maximum absolute atomic E-state index is 12.1. The summed E-state index contributed by atoms with van der Waals surface area (Å²) in [6.07, 6.45) is 1.98. The van der Waals surface area contributed by atoms with Gasteiger partial charge in [-0.1, -0.05) is 42.8 Å². The van der Waals surface area contributed by atoms with E-state index in [4.69, 9.17) is 4.74 Å². The smallest absolute Gasteiger partial charge is 0.251 e. The van der Waals surface area contributed by atoms with E-state index in [1.807, 2.05) is 18.2 Å². The summed E-state index contributed by atoms with van der Waals surface area (Å²) in [6, 6.07) is 7.33. The molecule has 20 heavy (non-hydrogen) atoms. The van der Waals surface area contributed by atoms with Crippen LogP contribution in [-0.2, 0) is 0 Å². The first-order valence-electron chi connectivity index (χ1n) is 7.05. The zero-order chi connectivity index (χ0) is 15.0. The summed E-state index contributed by atoms with van der Waals surface area (Å²) in [4.78, 5) is 12.1. The van der Waals surface area contributed by atoms with Crippen molar-refractivity contribution in [2.75, 3.05) is 18.5 Å². The predicted octanol–water partition coefficient (Wildman–Crippen LogP) is 4.02. The van der Waals surface area contributed by atoms with Crippen molar-refractivity contribution in [2.45, 2.75) is 33.6 Å². The van der Waals surface area contributed by atoms with E-state index >= 15 is 0 Å². The third-order valence-corrected chi connectivity index (χ3v) is 3.46. The second kappa shape index (κ2) is 8.30. The highest BCUT2D eigenvalue weighted by Crippen LogP contribution is 2.20. The molecule has 1 amide bonds. The Morgan fingerprint density at radius 3 is 2.80 bits per heavy atom. The summed E-state index contributed by atoms with van der Waals surface area (Å²) >= 11 is 3.44. The van der Waals surface area contributed by atoms with Crippen molar-refractivity contribution in [1.82, 2.24) is 5.32 Å². The van der Waals surface area contributed by atoms with Crippen LogP contribution in [0.15, 0.2) is 24.3 Å². The molecule has 1 rings (SSSR count). The molecule has 0 saturated heterocycles. The molecule has 1 aromatic carbocycles. The van der Waals surface area contributed by atoms with E-state index in [0.717, 1.165) is 23.9 Å². The molecule has 1 aromatic rings. The maximum Gasteiger partial charge on any atom is 0.251 e. The number of carbonyl (C=O) groups excluding carboxylic acids is 1. The Morgan fingerprint density at radius 2 is 2.15 bits per heavy atom. The van der Waals surface area contributed by atoms with Crippen LogP contribution in [0, 0.1) is 5.41 Å². The molecule has 0 aromatic heterocycles. The number of ether oxygens (including phenoxy) is 1. The van der Waals surface area contributed by atoms with Gasteiger partial charge in [-0.2, -0.15) is 0 Å². The van der Waals surface area contributed by atoms with Crippen LogP contribution in [0.3, 0.4) is 0 Å². The lowest BCUT2D eigenvalue weighted by Crippen LogP contribution is -2.34. The Hall–Kier alpha value is -1.03. The van der Waals surface area contributed by atoms with Crippen molar-refractivity contribution in [3.8, 4) is 5.75 Å². The van der Waals surface area contributed by atoms with Crippen LogP contribution in [0.2, 0.25) is 0 Å². The number of halogens is 1. The van der Waals surface area contributed by atoms with E-state index in [9.17, 15) is 4.79 Å². The van der Waals surface area contributed by atoms with Gasteiger partial charge in [-0.05, 0) is 36.5 Å². The van der Waals surface area contributed by atoms with Gasteiger partial charge in [0, 0.05) is 17.4 Å². The molecule has 0 unspecified atom stereocenters. The summed E-state index contributed by atoms with van der Waals surface area (Å²) in [7, 11) is 0. The van der Waals surface area contributed by atoms with Gasteiger partial charge in [0.15, 0.2) is 0 Å². The van der Waals surface area contributed by atoms with Crippen molar-refractivity contribution < 1.29 is 9.53 Å². The Kier molecular flexibility index (Phi) is 7.06. The molecule has 0 atom stereocenters. The van der Waals surface area contributed by atoms with Crippen molar-refractivity contribution in [1.29, 1.82) is 0 Å². The quantitative estimate of drug-likeness (QED) is 0.725. The van der Waals surface area contributed by atoms with Gasteiger partial charge >= 0.3 is 0 Å². The molecular weight excluding hydrogens is 318 g/mol. The van der Waals surface area contributed by atoms with Gasteiger partial charge < -0.3 is 10.1 Å². The van der Waals surface area contributed by atoms with Crippen LogP contribution in [0.25, 0.3) is 0 Å². The monoisotopic (exact) mass is 341 g/mol. The van der Waals surface area contributed by atoms with Gasteiger partial charge in [0.05, 0.1) is 6.61 Å². The van der Waals surface area contributed by atoms with Gasteiger partial charge in [-0.3, -0.25) is 4.79 Å². The van der Waals surface area contributed by atoms with E-state index in [2.05, 4.69) is 42.0 Å². The normalized spacial score (nSPS) is 11.2. The first-order valence-corrected chi connectivity index (χ1v) is 8.17. The Bertz CT molecular complexity index is 432. The Morgan fingerprint density at radius 1 is 1.40 bits per heavy atom. The molecule has 0 heterocycles. The second-order valence-electron chi connectivity index (χ2n) is 5.66. The Balaban J connectivity index is 2.59. The fourth-order valence-electron chi connectivity index (χ4n) is 1.71. The van der Waals surface area contributed by atoms with E-state index in [1.54, 1.807) is 6.07 Å². The molecule has 1 N–H and O–H groups in total. The molecule has 0 saturated carbocycles. The predicted molar refractivity (Wildman–Crippen MR) is 86.8 cm³/mol. The number of hydrogen-bond donors (Lipinski definition) is 1. The highest BCUT2D eigenvalue weighted by atomic mass is 79.9. The lowest BCUT2D eigenvalue weighted by Gasteiger charge is -2.23. The largest absolute Gasteiger partial charge is 0.494 e. The molecule has 4 heteroatoms. The minimum absolute atomic E-state index is 0.0467. The van der Waals surface area contributed by atoms with Gasteiger partial charge in [0.25, 0.3) is 5.91 Å². The maximum atomic E-state index is 12.1. The number of nitrogens with one attached hydrogen (secondary N) is 1. The summed E-state index contributed by atoms with van der Waals surface area (Å²) in [5.74, 6) is 0.703. The van der Waals surface area contributed by atoms with Gasteiger partial charge in [0.2, 0.25) is 0 Å². The van der Waals surface area contributed by atoms with Crippen molar-refractivity contribution >= 4 is 21.8 Å². The van der Waals surface area contributed by atoms with E-state index in [-0.39, 0.29) is 11.3 Å². The fourth-order valence-corrected chi connectivity index (χ4v) is 2.79. The number of alkyl halides is 1. The zero-order valence-electron chi connectivity index (χ0n) is 12.5. The average Bonchev–Trinajstić information content (AvgIpc) is 2.43.